The number of aliphatic hydroxyl groups is 1. The second kappa shape index (κ2) is 13.0. The second-order valence-electron chi connectivity index (χ2n) is 9.58. The minimum atomic E-state index is -0.566. The number of hydrogen-bond acceptors (Lipinski definition) is 4. The Kier molecular flexibility index (Phi) is 10.7. The lowest BCUT2D eigenvalue weighted by Gasteiger charge is -2.32. The third-order valence-corrected chi connectivity index (χ3v) is 7.43. The van der Waals surface area contributed by atoms with Gasteiger partial charge in [-0.05, 0) is 42.6 Å². The Labute approximate surface area is 195 Å². The molecule has 1 aromatic rings. The van der Waals surface area contributed by atoms with Crippen molar-refractivity contribution >= 4 is 5.91 Å². The zero-order valence-corrected chi connectivity index (χ0v) is 20.7. The molecule has 1 heterocycles. The van der Waals surface area contributed by atoms with E-state index in [2.05, 4.69) is 44.5 Å². The van der Waals surface area contributed by atoms with Crippen molar-refractivity contribution in [1.82, 2.24) is 10.2 Å². The summed E-state index contributed by atoms with van der Waals surface area (Å²) in [6, 6.07) is 9.90. The van der Waals surface area contributed by atoms with E-state index in [0.29, 0.717) is 24.8 Å². The first-order valence-electron chi connectivity index (χ1n) is 12.3. The van der Waals surface area contributed by atoms with Crippen LogP contribution in [-0.2, 0) is 9.53 Å². The predicted molar refractivity (Wildman–Crippen MR) is 131 cm³/mol. The quantitative estimate of drug-likeness (QED) is 0.453. The van der Waals surface area contributed by atoms with Gasteiger partial charge in [0.1, 0.15) is 0 Å². The highest BCUT2D eigenvalue weighted by Gasteiger charge is 2.33. The van der Waals surface area contributed by atoms with Crippen molar-refractivity contribution in [3.63, 3.8) is 0 Å². The Hall–Kier alpha value is -1.85. The molecule has 1 aromatic carbocycles. The molecule has 0 aliphatic carbocycles. The highest BCUT2D eigenvalue weighted by molar-refractivity contribution is 5.77. The SMILES string of the molecule is C=C(NC[C@@H](O)c1ccccc1)C(C)C[C@@H]1CCCN1C(=O)CC(OC)C(C)C(C)CC. The molecular formula is C27H44N2O3. The Bertz CT molecular complexity index is 708. The molecule has 1 saturated heterocycles. The molecule has 32 heavy (non-hydrogen) atoms. The number of allylic oxidation sites excluding steroid dienone is 1. The topological polar surface area (TPSA) is 61.8 Å². The number of likely N-dealkylation sites (tertiary alicyclic amines) is 1. The van der Waals surface area contributed by atoms with Crippen molar-refractivity contribution in [2.75, 3.05) is 20.2 Å². The van der Waals surface area contributed by atoms with Crippen molar-refractivity contribution in [2.24, 2.45) is 17.8 Å². The van der Waals surface area contributed by atoms with Crippen molar-refractivity contribution in [3.05, 3.63) is 48.2 Å². The smallest absolute Gasteiger partial charge is 0.225 e. The van der Waals surface area contributed by atoms with Crippen LogP contribution in [0.2, 0.25) is 0 Å². The van der Waals surface area contributed by atoms with Gasteiger partial charge >= 0.3 is 0 Å². The van der Waals surface area contributed by atoms with Gasteiger partial charge in [0.05, 0.1) is 18.6 Å². The molecule has 4 unspecified atom stereocenters. The molecule has 0 spiro atoms. The van der Waals surface area contributed by atoms with Gasteiger partial charge in [-0.2, -0.15) is 0 Å². The number of aliphatic hydroxyl groups excluding tert-OH is 1. The lowest BCUT2D eigenvalue weighted by Crippen LogP contribution is -2.40. The van der Waals surface area contributed by atoms with Gasteiger partial charge in [-0.25, -0.2) is 0 Å². The third-order valence-electron chi connectivity index (χ3n) is 7.43. The first kappa shape index (κ1) is 26.4. The number of hydrogen-bond donors (Lipinski definition) is 2. The molecule has 1 amide bonds. The third kappa shape index (κ3) is 7.35. The summed E-state index contributed by atoms with van der Waals surface area (Å²) < 4.78 is 5.72. The van der Waals surface area contributed by atoms with Crippen molar-refractivity contribution < 1.29 is 14.6 Å². The van der Waals surface area contributed by atoms with Crippen LogP contribution < -0.4 is 5.32 Å². The summed E-state index contributed by atoms with van der Waals surface area (Å²) in [5.41, 5.74) is 1.81. The summed E-state index contributed by atoms with van der Waals surface area (Å²) in [6.07, 6.45) is 3.92. The van der Waals surface area contributed by atoms with E-state index in [1.807, 2.05) is 30.3 Å². The molecule has 0 radical (unpaired) electrons. The molecule has 1 aliphatic rings. The molecule has 1 fully saturated rings. The zero-order valence-electron chi connectivity index (χ0n) is 20.7. The summed E-state index contributed by atoms with van der Waals surface area (Å²) in [4.78, 5) is 15.2. The molecule has 0 bridgehead atoms. The van der Waals surface area contributed by atoms with Gasteiger partial charge in [-0.15, -0.1) is 0 Å². The van der Waals surface area contributed by atoms with Crippen LogP contribution in [0.3, 0.4) is 0 Å². The van der Waals surface area contributed by atoms with Gasteiger partial charge in [0.25, 0.3) is 0 Å². The van der Waals surface area contributed by atoms with Crippen LogP contribution in [0, 0.1) is 17.8 Å². The fourth-order valence-electron chi connectivity index (χ4n) is 4.67. The number of methoxy groups -OCH3 is 1. The lowest BCUT2D eigenvalue weighted by atomic mass is 9.87. The average Bonchev–Trinajstić information content (AvgIpc) is 3.28. The number of amides is 1. The van der Waals surface area contributed by atoms with E-state index in [4.69, 9.17) is 4.74 Å². The highest BCUT2D eigenvalue weighted by Crippen LogP contribution is 2.29. The van der Waals surface area contributed by atoms with E-state index in [1.165, 1.54) is 0 Å². The number of carbonyl (C=O) groups excluding carboxylic acids is 1. The van der Waals surface area contributed by atoms with Crippen LogP contribution in [0.1, 0.15) is 71.5 Å². The van der Waals surface area contributed by atoms with Crippen LogP contribution in [0.15, 0.2) is 42.6 Å². The van der Waals surface area contributed by atoms with Crippen molar-refractivity contribution in [2.45, 2.75) is 78.0 Å². The molecule has 180 valence electrons. The van der Waals surface area contributed by atoms with Gasteiger partial charge in [-0.3, -0.25) is 4.79 Å². The summed E-state index contributed by atoms with van der Waals surface area (Å²) in [5.74, 6) is 1.31. The largest absolute Gasteiger partial charge is 0.387 e. The summed E-state index contributed by atoms with van der Waals surface area (Å²) >= 11 is 0. The monoisotopic (exact) mass is 444 g/mol. The minimum Gasteiger partial charge on any atom is -0.387 e. The maximum absolute atomic E-state index is 13.1. The Morgan fingerprint density at radius 3 is 2.59 bits per heavy atom. The zero-order chi connectivity index (χ0) is 23.7. The fraction of sp³-hybridized carbons (Fsp3) is 0.667. The molecule has 1 aliphatic heterocycles. The van der Waals surface area contributed by atoms with Gasteiger partial charge in [0, 0.05) is 31.9 Å². The standard InChI is InChI=1S/C27H44N2O3/c1-7-19(2)21(4)26(32-6)17-27(31)29-15-11-14-24(29)16-20(3)22(5)28-18-25(30)23-12-9-8-10-13-23/h8-10,12-13,19-21,24-26,28,30H,5,7,11,14-18H2,1-4,6H3/t19?,20?,21?,24-,25+,26?/m0/s1. The van der Waals surface area contributed by atoms with E-state index >= 15 is 0 Å². The van der Waals surface area contributed by atoms with E-state index in [-0.39, 0.29) is 24.0 Å². The summed E-state index contributed by atoms with van der Waals surface area (Å²) in [6.45, 7) is 14.2. The van der Waals surface area contributed by atoms with Crippen LogP contribution >= 0.6 is 0 Å². The summed E-state index contributed by atoms with van der Waals surface area (Å²) in [7, 11) is 1.72. The molecule has 5 heteroatoms. The van der Waals surface area contributed by atoms with Crippen LogP contribution in [-0.4, -0.2) is 48.3 Å². The van der Waals surface area contributed by atoms with Gasteiger partial charge < -0.3 is 20.1 Å². The minimum absolute atomic E-state index is 0.0350. The van der Waals surface area contributed by atoms with Crippen LogP contribution in [0.4, 0.5) is 0 Å². The van der Waals surface area contributed by atoms with Crippen LogP contribution in [0.5, 0.6) is 0 Å². The first-order valence-corrected chi connectivity index (χ1v) is 12.3. The first-order chi connectivity index (χ1) is 15.3. The normalized spacial score (nSPS) is 20.9. The number of rotatable bonds is 13. The molecule has 2 N–H and O–H groups in total. The van der Waals surface area contributed by atoms with Crippen molar-refractivity contribution in [3.8, 4) is 0 Å². The highest BCUT2D eigenvalue weighted by atomic mass is 16.5. The Balaban J connectivity index is 1.86. The van der Waals surface area contributed by atoms with E-state index < -0.39 is 6.10 Å². The maximum Gasteiger partial charge on any atom is 0.225 e. The lowest BCUT2D eigenvalue weighted by molar-refractivity contribution is -0.136. The maximum atomic E-state index is 13.1. The number of nitrogens with one attached hydrogen (secondary N) is 1. The molecule has 5 nitrogen and oxygen atoms in total. The van der Waals surface area contributed by atoms with Gasteiger partial charge in [-0.1, -0.05) is 71.0 Å². The Morgan fingerprint density at radius 2 is 1.97 bits per heavy atom. The Morgan fingerprint density at radius 1 is 1.28 bits per heavy atom. The second-order valence-corrected chi connectivity index (χ2v) is 9.58. The van der Waals surface area contributed by atoms with E-state index in [1.54, 1.807) is 7.11 Å². The number of benzene rings is 1. The molecular weight excluding hydrogens is 400 g/mol. The molecule has 2 rings (SSSR count). The van der Waals surface area contributed by atoms with E-state index in [9.17, 15) is 9.90 Å². The average molecular weight is 445 g/mol. The molecule has 0 saturated carbocycles. The number of carbonyl (C=O) groups is 1. The number of ether oxygens (including phenoxy) is 1. The number of nitrogens with zero attached hydrogens (tertiary/aromatic N) is 1. The van der Waals surface area contributed by atoms with Gasteiger partial charge in [0.15, 0.2) is 0 Å². The fourth-order valence-corrected chi connectivity index (χ4v) is 4.67. The van der Waals surface area contributed by atoms with Crippen molar-refractivity contribution in [1.29, 1.82) is 0 Å². The van der Waals surface area contributed by atoms with Crippen LogP contribution in [0.25, 0.3) is 0 Å². The summed E-state index contributed by atoms with van der Waals surface area (Å²) in [5, 5.41) is 13.7. The van der Waals surface area contributed by atoms with E-state index in [0.717, 1.165) is 43.5 Å². The molecule has 6 atom stereocenters. The molecule has 0 aromatic heterocycles. The predicted octanol–water partition coefficient (Wildman–Crippen LogP) is 4.93. The van der Waals surface area contributed by atoms with Gasteiger partial charge in [0.2, 0.25) is 5.91 Å².